The van der Waals surface area contributed by atoms with Crippen LogP contribution in [0.2, 0.25) is 0 Å². The fourth-order valence-electron chi connectivity index (χ4n) is 9.08. The van der Waals surface area contributed by atoms with E-state index in [4.69, 9.17) is 19.4 Å². The van der Waals surface area contributed by atoms with Crippen molar-refractivity contribution in [3.63, 3.8) is 0 Å². The van der Waals surface area contributed by atoms with Gasteiger partial charge >= 0.3 is 0 Å². The summed E-state index contributed by atoms with van der Waals surface area (Å²) in [5.41, 5.74) is 14.4. The van der Waals surface area contributed by atoms with Crippen LogP contribution in [-0.2, 0) is 6.42 Å². The number of furan rings is 1. The molecule has 0 saturated heterocycles. The fourth-order valence-corrected chi connectivity index (χ4v) is 9.08. The van der Waals surface area contributed by atoms with Gasteiger partial charge in [0.15, 0.2) is 5.82 Å². The summed E-state index contributed by atoms with van der Waals surface area (Å²) < 4.78 is 6.69. The van der Waals surface area contributed by atoms with Crippen molar-refractivity contribution in [2.45, 2.75) is 12.8 Å². The Bertz CT molecular complexity index is 3420. The molecule has 3 aromatic heterocycles. The first-order chi connectivity index (χ1) is 29.2. The smallest absolute Gasteiger partial charge is 0.160 e. The third-order valence-corrected chi connectivity index (χ3v) is 11.9. The molecule has 59 heavy (non-hydrogen) atoms. The van der Waals surface area contributed by atoms with Gasteiger partial charge in [0, 0.05) is 33.0 Å². The van der Waals surface area contributed by atoms with Crippen LogP contribution in [0, 0.1) is 0 Å². The highest BCUT2D eigenvalue weighted by Gasteiger charge is 2.21. The first kappa shape index (κ1) is 33.4. The van der Waals surface area contributed by atoms with Gasteiger partial charge in [0.2, 0.25) is 0 Å². The number of para-hydroxylation sites is 1. The van der Waals surface area contributed by atoms with E-state index < -0.39 is 0 Å². The molecule has 276 valence electrons. The number of aromatic nitrogens is 3. The minimum atomic E-state index is 0.689. The molecule has 4 heteroatoms. The second-order valence-electron chi connectivity index (χ2n) is 15.4. The summed E-state index contributed by atoms with van der Waals surface area (Å²) in [6.07, 6.45) is 6.68. The van der Waals surface area contributed by atoms with Crippen LogP contribution in [0.3, 0.4) is 0 Å². The van der Waals surface area contributed by atoms with E-state index in [9.17, 15) is 0 Å². The molecule has 0 bridgehead atoms. The summed E-state index contributed by atoms with van der Waals surface area (Å²) in [4.78, 5) is 15.6. The maximum atomic E-state index is 6.69. The number of hydrogen-bond donors (Lipinski definition) is 0. The van der Waals surface area contributed by atoms with Crippen molar-refractivity contribution in [1.82, 2.24) is 15.0 Å². The largest absolute Gasteiger partial charge is 0.455 e. The molecular weight excluding hydrogens is 719 g/mol. The van der Waals surface area contributed by atoms with Crippen molar-refractivity contribution in [3.05, 3.63) is 193 Å². The number of pyridine rings is 1. The standard InChI is InChI=1S/C55H35N3O/c1-3-13-35(14-4-1)48-33-49(36-15-5-2-6-16-36)58-55(57-48)37-25-23-34(24-26-37)38-27-30-45-50(32-38)56-53(52-46-21-11-12-22-51(46)59-54(45)52)39-28-29-44-42-19-8-7-17-40(42)41-18-9-10-20-43(41)47(44)31-39/h1-9,11-19,21-33H,10,20H2. The van der Waals surface area contributed by atoms with Crippen LogP contribution in [0.4, 0.5) is 0 Å². The summed E-state index contributed by atoms with van der Waals surface area (Å²) >= 11 is 0. The molecule has 11 aromatic rings. The van der Waals surface area contributed by atoms with Crippen molar-refractivity contribution in [2.75, 3.05) is 0 Å². The lowest BCUT2D eigenvalue weighted by Crippen LogP contribution is -1.98. The Kier molecular flexibility index (Phi) is 7.63. The van der Waals surface area contributed by atoms with Gasteiger partial charge in [-0.05, 0) is 87.0 Å². The van der Waals surface area contributed by atoms with Crippen LogP contribution in [0.1, 0.15) is 17.5 Å². The van der Waals surface area contributed by atoms with Crippen LogP contribution in [0.15, 0.2) is 186 Å². The highest BCUT2D eigenvalue weighted by atomic mass is 16.3. The first-order valence-corrected chi connectivity index (χ1v) is 20.2. The third-order valence-electron chi connectivity index (χ3n) is 11.9. The predicted octanol–water partition coefficient (Wildman–Crippen LogP) is 14.5. The molecule has 0 radical (unpaired) electrons. The molecule has 0 fully saturated rings. The molecule has 0 spiro atoms. The van der Waals surface area contributed by atoms with Crippen molar-refractivity contribution >= 4 is 60.5 Å². The van der Waals surface area contributed by atoms with Crippen molar-refractivity contribution < 1.29 is 4.42 Å². The van der Waals surface area contributed by atoms with E-state index in [2.05, 4.69) is 146 Å². The first-order valence-electron chi connectivity index (χ1n) is 20.2. The minimum Gasteiger partial charge on any atom is -0.455 e. The molecule has 4 nitrogen and oxygen atoms in total. The second kappa shape index (κ2) is 13.5. The molecule has 0 unspecified atom stereocenters. The summed E-state index contributed by atoms with van der Waals surface area (Å²) in [7, 11) is 0. The Morgan fingerprint density at radius 3 is 1.80 bits per heavy atom. The molecule has 1 aliphatic rings. The van der Waals surface area contributed by atoms with Gasteiger partial charge in [0.1, 0.15) is 11.2 Å². The van der Waals surface area contributed by atoms with Gasteiger partial charge in [-0.25, -0.2) is 15.0 Å². The molecule has 0 N–H and O–H groups in total. The van der Waals surface area contributed by atoms with E-state index in [-0.39, 0.29) is 0 Å². The molecule has 8 aromatic carbocycles. The minimum absolute atomic E-state index is 0.689. The van der Waals surface area contributed by atoms with E-state index in [0.29, 0.717) is 5.82 Å². The molecule has 0 saturated carbocycles. The van der Waals surface area contributed by atoms with Gasteiger partial charge in [0.25, 0.3) is 0 Å². The summed E-state index contributed by atoms with van der Waals surface area (Å²) in [6.45, 7) is 0. The lowest BCUT2D eigenvalue weighted by molar-refractivity contribution is 0.672. The monoisotopic (exact) mass is 753 g/mol. The third kappa shape index (κ3) is 5.56. The molecule has 12 rings (SSSR count). The Morgan fingerprint density at radius 1 is 0.424 bits per heavy atom. The maximum absolute atomic E-state index is 6.69. The van der Waals surface area contributed by atoms with Crippen LogP contribution >= 0.6 is 0 Å². The number of aryl methyl sites for hydroxylation is 1. The highest BCUT2D eigenvalue weighted by molar-refractivity contribution is 6.20. The van der Waals surface area contributed by atoms with E-state index >= 15 is 0 Å². The molecule has 0 atom stereocenters. The van der Waals surface area contributed by atoms with Crippen molar-refractivity contribution in [2.24, 2.45) is 0 Å². The zero-order valence-electron chi connectivity index (χ0n) is 32.1. The number of hydrogen-bond acceptors (Lipinski definition) is 4. The van der Waals surface area contributed by atoms with Gasteiger partial charge < -0.3 is 4.42 Å². The summed E-state index contributed by atoms with van der Waals surface area (Å²) in [5.74, 6) is 0.689. The molecular formula is C55H35N3O. The number of allylic oxidation sites excluding steroid dienone is 1. The second-order valence-corrected chi connectivity index (χ2v) is 15.4. The quantitative estimate of drug-likeness (QED) is 0.164. The van der Waals surface area contributed by atoms with Gasteiger partial charge in [-0.15, -0.1) is 0 Å². The Labute approximate surface area is 340 Å². The van der Waals surface area contributed by atoms with Gasteiger partial charge in [-0.1, -0.05) is 158 Å². The topological polar surface area (TPSA) is 51.8 Å². The van der Waals surface area contributed by atoms with E-state index in [1.165, 1.54) is 32.7 Å². The molecule has 0 aliphatic heterocycles. The lowest BCUT2D eigenvalue weighted by Gasteiger charge is -2.18. The van der Waals surface area contributed by atoms with E-state index in [1.807, 2.05) is 42.5 Å². The Balaban J connectivity index is 0.995. The van der Waals surface area contributed by atoms with E-state index in [1.54, 1.807) is 0 Å². The average Bonchev–Trinajstić information content (AvgIpc) is 3.72. The Morgan fingerprint density at radius 2 is 1.03 bits per heavy atom. The molecule has 1 aliphatic carbocycles. The van der Waals surface area contributed by atoms with Crippen molar-refractivity contribution in [1.29, 1.82) is 0 Å². The average molecular weight is 754 g/mol. The number of rotatable bonds is 5. The zero-order valence-corrected chi connectivity index (χ0v) is 32.1. The number of fused-ring (bicyclic) bond motifs is 11. The van der Waals surface area contributed by atoms with Crippen LogP contribution in [0.5, 0.6) is 0 Å². The number of benzene rings is 8. The van der Waals surface area contributed by atoms with Gasteiger partial charge in [0.05, 0.1) is 28.0 Å². The molecule has 0 amide bonds. The molecule has 3 heterocycles. The van der Waals surface area contributed by atoms with Gasteiger partial charge in [-0.2, -0.15) is 0 Å². The number of nitrogens with zero attached hydrogens (tertiary/aromatic N) is 3. The fraction of sp³-hybridized carbons (Fsp3) is 0.0364. The van der Waals surface area contributed by atoms with E-state index in [0.717, 1.165) is 96.1 Å². The predicted molar refractivity (Wildman–Crippen MR) is 244 cm³/mol. The SMILES string of the molecule is C1=Cc2c(c3cc(-c4nc5cc(-c6ccc(-c7nc(-c8ccccc8)cc(-c8ccccc8)n7)cc6)ccc5c5oc6ccccc6c45)ccc3c3ccccc23)CC1. The van der Waals surface area contributed by atoms with Crippen LogP contribution < -0.4 is 0 Å². The Hall–Kier alpha value is -7.69. The lowest BCUT2D eigenvalue weighted by atomic mass is 9.86. The van der Waals surface area contributed by atoms with Crippen molar-refractivity contribution in [3.8, 4) is 56.3 Å². The normalized spacial score (nSPS) is 12.5. The van der Waals surface area contributed by atoms with Crippen LogP contribution in [-0.4, -0.2) is 15.0 Å². The summed E-state index contributed by atoms with van der Waals surface area (Å²) in [6, 6.07) is 61.8. The van der Waals surface area contributed by atoms with Crippen LogP contribution in [0.25, 0.3) is 117 Å². The van der Waals surface area contributed by atoms with Gasteiger partial charge in [-0.3, -0.25) is 0 Å². The summed E-state index contributed by atoms with van der Waals surface area (Å²) in [5, 5.41) is 8.30. The zero-order chi connectivity index (χ0) is 38.9. The highest BCUT2D eigenvalue weighted by Crippen LogP contribution is 2.43. The maximum Gasteiger partial charge on any atom is 0.160 e.